The second-order valence-corrected chi connectivity index (χ2v) is 5.52. The SMILES string of the molecule is CC12CC3CC(CC(F)(C3)C1)N2[O]. The molecule has 4 fully saturated rings. The van der Waals surface area contributed by atoms with Crippen LogP contribution in [0.25, 0.3) is 0 Å². The van der Waals surface area contributed by atoms with Crippen molar-refractivity contribution in [2.75, 3.05) is 0 Å². The van der Waals surface area contributed by atoms with Gasteiger partial charge in [0.05, 0.1) is 5.54 Å². The predicted molar refractivity (Wildman–Crippen MR) is 45.1 cm³/mol. The van der Waals surface area contributed by atoms with Gasteiger partial charge in [0.2, 0.25) is 0 Å². The van der Waals surface area contributed by atoms with Crippen molar-refractivity contribution in [3.63, 3.8) is 0 Å². The van der Waals surface area contributed by atoms with Crippen molar-refractivity contribution in [3.8, 4) is 0 Å². The van der Waals surface area contributed by atoms with Crippen LogP contribution in [0.1, 0.15) is 39.0 Å². The summed E-state index contributed by atoms with van der Waals surface area (Å²) in [4.78, 5) is 0. The van der Waals surface area contributed by atoms with Crippen LogP contribution in [0, 0.1) is 5.92 Å². The minimum absolute atomic E-state index is 0.0174. The number of hydrogen-bond donors (Lipinski definition) is 0. The number of hydroxylamine groups is 2. The molecule has 2 saturated carbocycles. The Labute approximate surface area is 77.7 Å². The fourth-order valence-corrected chi connectivity index (χ4v) is 4.04. The summed E-state index contributed by atoms with van der Waals surface area (Å²) in [5.41, 5.74) is -1.37. The molecule has 0 N–H and O–H groups in total. The molecule has 2 aliphatic heterocycles. The lowest BCUT2D eigenvalue weighted by Gasteiger charge is -2.60. The number of piperidine rings is 2. The van der Waals surface area contributed by atoms with Crippen molar-refractivity contribution in [3.05, 3.63) is 0 Å². The maximum Gasteiger partial charge on any atom is 0.114 e. The predicted octanol–water partition coefficient (Wildman–Crippen LogP) is 2.08. The largest absolute Gasteiger partial charge is 0.244 e. The van der Waals surface area contributed by atoms with E-state index in [1.807, 2.05) is 6.92 Å². The molecule has 0 aromatic heterocycles. The molecular formula is C10H15FNO. The maximum atomic E-state index is 14.1. The van der Waals surface area contributed by atoms with Crippen molar-refractivity contribution in [2.45, 2.75) is 56.3 Å². The van der Waals surface area contributed by atoms with Gasteiger partial charge in [-0.3, -0.25) is 0 Å². The third-order valence-electron chi connectivity index (χ3n) is 4.15. The van der Waals surface area contributed by atoms with Gasteiger partial charge in [-0.25, -0.2) is 4.39 Å². The second kappa shape index (κ2) is 2.09. The standard InChI is InChI=1S/C10H15FNO/c1-9-3-7-2-8(12(9)13)5-10(11,4-7)6-9/h7-8H,2-6H2,1H3. The van der Waals surface area contributed by atoms with Gasteiger partial charge < -0.3 is 0 Å². The lowest BCUT2D eigenvalue weighted by molar-refractivity contribution is -0.322. The first kappa shape index (κ1) is 8.18. The molecule has 0 amide bonds. The van der Waals surface area contributed by atoms with Gasteiger partial charge >= 0.3 is 0 Å². The molecule has 3 heteroatoms. The highest BCUT2D eigenvalue weighted by Gasteiger charge is 2.60. The van der Waals surface area contributed by atoms with Crippen LogP contribution in [0.5, 0.6) is 0 Å². The number of rotatable bonds is 0. The topological polar surface area (TPSA) is 23.1 Å². The van der Waals surface area contributed by atoms with E-state index < -0.39 is 5.67 Å². The van der Waals surface area contributed by atoms with Gasteiger partial charge in [-0.05, 0) is 38.5 Å². The lowest BCUT2D eigenvalue weighted by atomic mass is 9.58. The first-order chi connectivity index (χ1) is 6.01. The van der Waals surface area contributed by atoms with E-state index in [2.05, 4.69) is 0 Å². The van der Waals surface area contributed by atoms with Crippen LogP contribution >= 0.6 is 0 Å². The summed E-state index contributed by atoms with van der Waals surface area (Å²) in [5.74, 6) is 0.479. The van der Waals surface area contributed by atoms with Gasteiger partial charge in [0, 0.05) is 12.5 Å². The maximum absolute atomic E-state index is 14.1. The highest BCUT2D eigenvalue weighted by molar-refractivity contribution is 5.11. The van der Waals surface area contributed by atoms with Gasteiger partial charge in [0.1, 0.15) is 5.67 Å². The van der Waals surface area contributed by atoms with Crippen LogP contribution in [-0.4, -0.2) is 22.3 Å². The molecule has 2 aliphatic carbocycles. The highest BCUT2D eigenvalue weighted by Crippen LogP contribution is 2.57. The highest BCUT2D eigenvalue weighted by atomic mass is 19.1. The van der Waals surface area contributed by atoms with Crippen LogP contribution in [0.2, 0.25) is 0 Å². The third-order valence-corrected chi connectivity index (χ3v) is 4.15. The zero-order valence-corrected chi connectivity index (χ0v) is 7.92. The van der Waals surface area contributed by atoms with E-state index in [1.165, 1.54) is 5.06 Å². The fourth-order valence-electron chi connectivity index (χ4n) is 4.04. The summed E-state index contributed by atoms with van der Waals surface area (Å²) in [6, 6.07) is -0.0174. The molecule has 0 aromatic carbocycles. The van der Waals surface area contributed by atoms with Crippen molar-refractivity contribution in [1.29, 1.82) is 0 Å². The molecule has 1 radical (unpaired) electrons. The zero-order valence-electron chi connectivity index (χ0n) is 7.92. The molecule has 0 aromatic rings. The van der Waals surface area contributed by atoms with Crippen LogP contribution in [-0.2, 0) is 5.21 Å². The first-order valence-corrected chi connectivity index (χ1v) is 5.16. The summed E-state index contributed by atoms with van der Waals surface area (Å²) < 4.78 is 14.1. The minimum atomic E-state index is -0.999. The van der Waals surface area contributed by atoms with Gasteiger partial charge in [0.25, 0.3) is 0 Å². The average Bonchev–Trinajstić information content (AvgIpc) is 1.96. The average molecular weight is 184 g/mol. The van der Waals surface area contributed by atoms with Gasteiger partial charge in [-0.2, -0.15) is 0 Å². The van der Waals surface area contributed by atoms with E-state index in [1.54, 1.807) is 0 Å². The van der Waals surface area contributed by atoms with Gasteiger partial charge in [0.15, 0.2) is 0 Å². The van der Waals surface area contributed by atoms with E-state index in [0.29, 0.717) is 25.2 Å². The normalized spacial score (nSPS) is 60.2. The summed E-state index contributed by atoms with van der Waals surface area (Å²) in [6.45, 7) is 1.94. The lowest BCUT2D eigenvalue weighted by Crippen LogP contribution is -2.67. The Bertz CT molecular complexity index is 259. The molecule has 4 bridgehead atoms. The molecule has 13 heavy (non-hydrogen) atoms. The van der Waals surface area contributed by atoms with E-state index in [0.717, 1.165) is 12.8 Å². The van der Waals surface area contributed by atoms with E-state index in [9.17, 15) is 9.60 Å². The zero-order chi connectivity index (χ0) is 9.27. The van der Waals surface area contributed by atoms with Crippen LogP contribution in [0.3, 0.4) is 0 Å². The molecule has 0 spiro atoms. The number of halogens is 1. The van der Waals surface area contributed by atoms with E-state index >= 15 is 0 Å². The molecule has 4 atom stereocenters. The Morgan fingerprint density at radius 2 is 2.15 bits per heavy atom. The minimum Gasteiger partial charge on any atom is -0.244 e. The van der Waals surface area contributed by atoms with E-state index in [-0.39, 0.29) is 11.6 Å². The second-order valence-electron chi connectivity index (χ2n) is 5.52. The van der Waals surface area contributed by atoms with Gasteiger partial charge in [-0.15, -0.1) is 10.3 Å². The van der Waals surface area contributed by atoms with Crippen molar-refractivity contribution < 1.29 is 9.60 Å². The molecule has 4 rings (SSSR count). The molecule has 2 saturated heterocycles. The number of nitrogens with zero attached hydrogens (tertiary/aromatic N) is 1. The van der Waals surface area contributed by atoms with E-state index in [4.69, 9.17) is 0 Å². The summed E-state index contributed by atoms with van der Waals surface area (Å²) >= 11 is 0. The molecule has 2 nitrogen and oxygen atoms in total. The summed E-state index contributed by atoms with van der Waals surface area (Å²) in [6.07, 6.45) is 3.52. The molecule has 4 unspecified atom stereocenters. The number of alkyl halides is 1. The Hall–Kier alpha value is -0.150. The molecule has 73 valence electrons. The molecule has 2 heterocycles. The van der Waals surface area contributed by atoms with Crippen LogP contribution in [0.15, 0.2) is 0 Å². The van der Waals surface area contributed by atoms with Crippen molar-refractivity contribution >= 4 is 0 Å². The fraction of sp³-hybridized carbons (Fsp3) is 1.00. The molecule has 4 aliphatic rings. The smallest absolute Gasteiger partial charge is 0.114 e. The first-order valence-electron chi connectivity index (χ1n) is 5.16. The van der Waals surface area contributed by atoms with Crippen molar-refractivity contribution in [2.24, 2.45) is 5.92 Å². The van der Waals surface area contributed by atoms with Crippen LogP contribution < -0.4 is 0 Å². The Morgan fingerprint density at radius 3 is 2.77 bits per heavy atom. The third kappa shape index (κ3) is 0.947. The Kier molecular flexibility index (Phi) is 1.31. The Balaban J connectivity index is 2.01. The van der Waals surface area contributed by atoms with Crippen molar-refractivity contribution in [1.82, 2.24) is 5.06 Å². The van der Waals surface area contributed by atoms with Crippen LogP contribution in [0.4, 0.5) is 4.39 Å². The van der Waals surface area contributed by atoms with Gasteiger partial charge in [-0.1, -0.05) is 0 Å². The summed E-state index contributed by atoms with van der Waals surface area (Å²) in [7, 11) is 0. The monoisotopic (exact) mass is 184 g/mol. The number of hydrogen-bond acceptors (Lipinski definition) is 1. The molecular weight excluding hydrogens is 169 g/mol. The summed E-state index contributed by atoms with van der Waals surface area (Å²) in [5, 5.41) is 13.0. The Morgan fingerprint density at radius 1 is 1.38 bits per heavy atom. The quantitative estimate of drug-likeness (QED) is 0.565.